The van der Waals surface area contributed by atoms with E-state index in [1.54, 1.807) is 31.0 Å². The van der Waals surface area contributed by atoms with E-state index in [2.05, 4.69) is 25.2 Å². The Hall–Kier alpha value is -3.00. The Balaban J connectivity index is 1.37. The number of carbonyl (C=O) groups excluding carboxylic acids is 1. The first-order valence-corrected chi connectivity index (χ1v) is 9.12. The Labute approximate surface area is 156 Å². The molecule has 140 valence electrons. The van der Waals surface area contributed by atoms with Gasteiger partial charge in [-0.2, -0.15) is 0 Å². The molecule has 1 aromatic carbocycles. The van der Waals surface area contributed by atoms with Gasteiger partial charge in [0.15, 0.2) is 0 Å². The summed E-state index contributed by atoms with van der Waals surface area (Å²) in [6.45, 7) is 2.23. The van der Waals surface area contributed by atoms with E-state index < -0.39 is 0 Å². The predicted octanol–water partition coefficient (Wildman–Crippen LogP) is 1.22. The first kappa shape index (κ1) is 17.4. The van der Waals surface area contributed by atoms with E-state index in [0.717, 1.165) is 42.8 Å². The van der Waals surface area contributed by atoms with E-state index in [4.69, 9.17) is 5.11 Å². The molecule has 2 N–H and O–H groups in total. The number of aromatic nitrogens is 4. The van der Waals surface area contributed by atoms with Crippen molar-refractivity contribution >= 4 is 22.8 Å². The summed E-state index contributed by atoms with van der Waals surface area (Å²) < 4.78 is 1.87. The molecule has 1 aliphatic heterocycles. The molecule has 1 amide bonds. The maximum absolute atomic E-state index is 12.6. The number of piperidine rings is 1. The average Bonchev–Trinajstić information content (AvgIpc) is 3.12. The van der Waals surface area contributed by atoms with Crippen LogP contribution in [0.15, 0.2) is 43.1 Å². The summed E-state index contributed by atoms with van der Waals surface area (Å²) in [4.78, 5) is 27.6. The number of nitrogens with zero attached hydrogens (tertiary/aromatic N) is 5. The van der Waals surface area contributed by atoms with Gasteiger partial charge in [0, 0.05) is 43.6 Å². The zero-order chi connectivity index (χ0) is 18.6. The van der Waals surface area contributed by atoms with Crippen LogP contribution in [-0.2, 0) is 6.54 Å². The Kier molecular flexibility index (Phi) is 4.97. The van der Waals surface area contributed by atoms with Crippen LogP contribution in [-0.4, -0.2) is 56.3 Å². The highest BCUT2D eigenvalue weighted by molar-refractivity contribution is 5.97. The van der Waals surface area contributed by atoms with E-state index >= 15 is 0 Å². The third-order valence-electron chi connectivity index (χ3n) is 4.93. The maximum atomic E-state index is 12.6. The van der Waals surface area contributed by atoms with Gasteiger partial charge in [0.25, 0.3) is 5.91 Å². The quantitative estimate of drug-likeness (QED) is 0.705. The Morgan fingerprint density at radius 1 is 1.22 bits per heavy atom. The fourth-order valence-corrected chi connectivity index (χ4v) is 3.47. The number of hydrogen-bond acceptors (Lipinski definition) is 6. The van der Waals surface area contributed by atoms with E-state index in [0.29, 0.717) is 12.1 Å². The predicted molar refractivity (Wildman–Crippen MR) is 102 cm³/mol. The third kappa shape index (κ3) is 3.75. The van der Waals surface area contributed by atoms with Gasteiger partial charge in [-0.05, 0) is 31.0 Å². The SMILES string of the molecule is O=C(NC1CCN(c2cnccn2)CC1)c1ccc2c(c1)ncn2CCO. The van der Waals surface area contributed by atoms with Crippen molar-refractivity contribution in [3.8, 4) is 0 Å². The van der Waals surface area contributed by atoms with Crippen LogP contribution in [0.4, 0.5) is 5.82 Å². The van der Waals surface area contributed by atoms with Gasteiger partial charge in [0.1, 0.15) is 5.82 Å². The molecule has 27 heavy (non-hydrogen) atoms. The van der Waals surface area contributed by atoms with Crippen LogP contribution >= 0.6 is 0 Å². The summed E-state index contributed by atoms with van der Waals surface area (Å²) in [7, 11) is 0. The first-order valence-electron chi connectivity index (χ1n) is 9.12. The van der Waals surface area contributed by atoms with Crippen LogP contribution in [0.1, 0.15) is 23.2 Å². The number of hydrogen-bond donors (Lipinski definition) is 2. The normalized spacial score (nSPS) is 15.2. The Morgan fingerprint density at radius 3 is 2.81 bits per heavy atom. The minimum absolute atomic E-state index is 0.0565. The van der Waals surface area contributed by atoms with Crippen molar-refractivity contribution in [3.05, 3.63) is 48.7 Å². The average molecular weight is 366 g/mol. The van der Waals surface area contributed by atoms with Crippen molar-refractivity contribution in [2.45, 2.75) is 25.4 Å². The zero-order valence-corrected chi connectivity index (χ0v) is 15.0. The van der Waals surface area contributed by atoms with Crippen LogP contribution in [0, 0.1) is 0 Å². The summed E-state index contributed by atoms with van der Waals surface area (Å²) >= 11 is 0. The molecule has 0 aliphatic carbocycles. The monoisotopic (exact) mass is 366 g/mol. The molecule has 4 rings (SSSR count). The molecule has 0 unspecified atom stereocenters. The van der Waals surface area contributed by atoms with Crippen LogP contribution < -0.4 is 10.2 Å². The summed E-state index contributed by atoms with van der Waals surface area (Å²) in [5.41, 5.74) is 2.28. The minimum Gasteiger partial charge on any atom is -0.395 e. The van der Waals surface area contributed by atoms with Crippen molar-refractivity contribution in [2.24, 2.45) is 0 Å². The first-order chi connectivity index (χ1) is 13.2. The largest absolute Gasteiger partial charge is 0.395 e. The number of anilines is 1. The molecule has 1 aliphatic rings. The lowest BCUT2D eigenvalue weighted by molar-refractivity contribution is 0.0931. The number of rotatable bonds is 5. The molecule has 0 bridgehead atoms. The van der Waals surface area contributed by atoms with E-state index in [1.807, 2.05) is 16.7 Å². The number of imidazole rings is 1. The third-order valence-corrected chi connectivity index (χ3v) is 4.93. The van der Waals surface area contributed by atoms with Crippen LogP contribution in [0.2, 0.25) is 0 Å². The molecule has 2 aromatic heterocycles. The highest BCUT2D eigenvalue weighted by atomic mass is 16.3. The van der Waals surface area contributed by atoms with Crippen molar-refractivity contribution in [1.29, 1.82) is 0 Å². The molecule has 0 atom stereocenters. The maximum Gasteiger partial charge on any atom is 0.251 e. The Bertz CT molecular complexity index is 918. The lowest BCUT2D eigenvalue weighted by Crippen LogP contribution is -2.45. The second kappa shape index (κ2) is 7.71. The second-order valence-corrected chi connectivity index (χ2v) is 6.66. The molecular weight excluding hydrogens is 344 g/mol. The lowest BCUT2D eigenvalue weighted by atomic mass is 10.0. The van der Waals surface area contributed by atoms with Crippen LogP contribution in [0.5, 0.6) is 0 Å². The highest BCUT2D eigenvalue weighted by Gasteiger charge is 2.22. The highest BCUT2D eigenvalue weighted by Crippen LogP contribution is 2.18. The van der Waals surface area contributed by atoms with Crippen LogP contribution in [0.3, 0.4) is 0 Å². The second-order valence-electron chi connectivity index (χ2n) is 6.66. The molecule has 3 aromatic rings. The van der Waals surface area contributed by atoms with Gasteiger partial charge in [0.2, 0.25) is 0 Å². The summed E-state index contributed by atoms with van der Waals surface area (Å²) in [6.07, 6.45) is 8.56. The number of nitrogens with one attached hydrogen (secondary N) is 1. The molecular formula is C19H22N6O2. The van der Waals surface area contributed by atoms with Gasteiger partial charge in [-0.25, -0.2) is 9.97 Å². The van der Waals surface area contributed by atoms with E-state index in [9.17, 15) is 4.79 Å². The van der Waals surface area contributed by atoms with Crippen molar-refractivity contribution in [2.75, 3.05) is 24.6 Å². The van der Waals surface area contributed by atoms with Crippen molar-refractivity contribution in [3.63, 3.8) is 0 Å². The topological polar surface area (TPSA) is 96.2 Å². The lowest BCUT2D eigenvalue weighted by Gasteiger charge is -2.32. The Morgan fingerprint density at radius 2 is 2.07 bits per heavy atom. The van der Waals surface area contributed by atoms with Gasteiger partial charge in [-0.15, -0.1) is 0 Å². The van der Waals surface area contributed by atoms with E-state index in [-0.39, 0.29) is 18.6 Å². The standard InChI is InChI=1S/C19H22N6O2/c26-10-9-25-13-22-16-11-14(1-2-17(16)25)19(27)23-15-3-7-24(8-4-15)18-12-20-5-6-21-18/h1-2,5-6,11-13,15,26H,3-4,7-10H2,(H,23,27). The van der Waals surface area contributed by atoms with Crippen molar-refractivity contribution < 1.29 is 9.90 Å². The van der Waals surface area contributed by atoms with Crippen molar-refractivity contribution in [1.82, 2.24) is 24.8 Å². The molecule has 8 nitrogen and oxygen atoms in total. The van der Waals surface area contributed by atoms with Gasteiger partial charge in [-0.3, -0.25) is 9.78 Å². The molecule has 1 fully saturated rings. The fourth-order valence-electron chi connectivity index (χ4n) is 3.47. The molecule has 0 saturated carbocycles. The summed E-state index contributed by atoms with van der Waals surface area (Å²) in [6, 6.07) is 5.63. The summed E-state index contributed by atoms with van der Waals surface area (Å²) in [5.74, 6) is 0.803. The molecule has 1 saturated heterocycles. The molecule has 8 heteroatoms. The number of benzene rings is 1. The number of aliphatic hydroxyl groups is 1. The van der Waals surface area contributed by atoms with Gasteiger partial charge < -0.3 is 19.9 Å². The molecule has 3 heterocycles. The van der Waals surface area contributed by atoms with E-state index in [1.165, 1.54) is 0 Å². The molecule has 0 spiro atoms. The van der Waals surface area contributed by atoms with Gasteiger partial charge in [0.05, 0.1) is 30.2 Å². The minimum atomic E-state index is -0.0773. The number of amides is 1. The van der Waals surface area contributed by atoms with Crippen LogP contribution in [0.25, 0.3) is 11.0 Å². The zero-order valence-electron chi connectivity index (χ0n) is 15.0. The van der Waals surface area contributed by atoms with Gasteiger partial charge >= 0.3 is 0 Å². The number of aliphatic hydroxyl groups excluding tert-OH is 1. The number of carbonyl (C=O) groups is 1. The number of fused-ring (bicyclic) bond motifs is 1. The fraction of sp³-hybridized carbons (Fsp3) is 0.368. The molecule has 0 radical (unpaired) electrons. The smallest absolute Gasteiger partial charge is 0.251 e. The van der Waals surface area contributed by atoms with Gasteiger partial charge in [-0.1, -0.05) is 0 Å². The summed E-state index contributed by atoms with van der Waals surface area (Å²) in [5, 5.41) is 12.2.